The van der Waals surface area contributed by atoms with Crippen molar-refractivity contribution in [1.82, 2.24) is 0 Å². The molecule has 0 saturated heterocycles. The highest BCUT2D eigenvalue weighted by Crippen LogP contribution is 2.45. The second-order valence-electron chi connectivity index (χ2n) is 8.74. The zero-order valence-corrected chi connectivity index (χ0v) is 19.6. The van der Waals surface area contributed by atoms with E-state index in [1.54, 1.807) is 0 Å². The number of hydrogen-bond acceptors (Lipinski definition) is 5. The van der Waals surface area contributed by atoms with Gasteiger partial charge < -0.3 is 24.2 Å². The molecule has 1 N–H and O–H groups in total. The van der Waals surface area contributed by atoms with Crippen molar-refractivity contribution < 1.29 is 58.8 Å². The van der Waals surface area contributed by atoms with Crippen LogP contribution in [0.4, 0.5) is 45.2 Å². The maximum Gasteiger partial charge on any atom is 0.573 e. The maximum atomic E-state index is 13.3. The summed E-state index contributed by atoms with van der Waals surface area (Å²) in [6.07, 6.45) is -14.0. The van der Waals surface area contributed by atoms with Gasteiger partial charge in [0, 0.05) is 11.5 Å². The lowest BCUT2D eigenvalue weighted by Gasteiger charge is -2.43. The van der Waals surface area contributed by atoms with E-state index >= 15 is 0 Å². The third-order valence-electron chi connectivity index (χ3n) is 6.03. The van der Waals surface area contributed by atoms with Crippen molar-refractivity contribution in [3.05, 3.63) is 66.5 Å². The molecule has 0 bridgehead atoms. The van der Waals surface area contributed by atoms with Crippen molar-refractivity contribution in [2.45, 2.75) is 37.5 Å². The number of anilines is 1. The minimum atomic E-state index is -5.00. The van der Waals surface area contributed by atoms with Gasteiger partial charge in [0.05, 0.1) is 18.3 Å². The van der Waals surface area contributed by atoms with Crippen LogP contribution in [0.15, 0.2) is 66.5 Å². The Bertz CT molecular complexity index is 1240. The van der Waals surface area contributed by atoms with Gasteiger partial charge in [-0.2, -0.15) is 13.2 Å². The van der Waals surface area contributed by atoms with Gasteiger partial charge in [-0.25, -0.2) is 0 Å². The van der Waals surface area contributed by atoms with E-state index in [1.165, 1.54) is 41.3 Å². The Labute approximate surface area is 215 Å². The Balaban J connectivity index is 1.73. The third-order valence-corrected chi connectivity index (χ3v) is 6.03. The molecule has 5 nitrogen and oxygen atoms in total. The Hall–Kier alpha value is -3.55. The third kappa shape index (κ3) is 7.11. The molecular weight excluding hydrogens is 549 g/mol. The van der Waals surface area contributed by atoms with Gasteiger partial charge in [0.1, 0.15) is 18.1 Å². The number of halogens is 9. The molecule has 1 aliphatic carbocycles. The van der Waals surface area contributed by atoms with Gasteiger partial charge in [-0.15, -0.1) is 26.3 Å². The van der Waals surface area contributed by atoms with Gasteiger partial charge in [-0.05, 0) is 42.3 Å². The number of hydrogen-bond donors (Lipinski definition) is 1. The molecule has 0 radical (unpaired) electrons. The predicted octanol–water partition coefficient (Wildman–Crippen LogP) is 6.74. The summed E-state index contributed by atoms with van der Waals surface area (Å²) in [5, 5.41) is 9.88. The number of fused-ring (bicyclic) bond motifs is 1. The zero-order valence-electron chi connectivity index (χ0n) is 19.6. The first kappa shape index (κ1) is 28.5. The highest BCUT2D eigenvalue weighted by molar-refractivity contribution is 5.80. The summed E-state index contributed by atoms with van der Waals surface area (Å²) >= 11 is 0. The van der Waals surface area contributed by atoms with Crippen LogP contribution >= 0.6 is 0 Å². The molecule has 212 valence electrons. The van der Waals surface area contributed by atoms with E-state index in [0.717, 1.165) is 24.3 Å². The van der Waals surface area contributed by atoms with Crippen LogP contribution in [0.1, 0.15) is 6.42 Å². The second kappa shape index (κ2) is 10.5. The van der Waals surface area contributed by atoms with Gasteiger partial charge in [0.15, 0.2) is 11.9 Å². The molecular formula is C25H20F9NO4. The number of rotatable bonds is 6. The molecule has 0 amide bonds. The van der Waals surface area contributed by atoms with E-state index in [2.05, 4.69) is 9.47 Å². The fraction of sp³-hybridized carbons (Fsp3) is 0.360. The van der Waals surface area contributed by atoms with Crippen molar-refractivity contribution >= 4 is 5.69 Å². The van der Waals surface area contributed by atoms with Crippen molar-refractivity contribution in [3.63, 3.8) is 0 Å². The molecule has 0 fully saturated rings. The molecule has 4 rings (SSSR count). The van der Waals surface area contributed by atoms with Gasteiger partial charge in [-0.3, -0.25) is 0 Å². The largest absolute Gasteiger partial charge is 0.573 e. The fourth-order valence-electron chi connectivity index (χ4n) is 4.45. The number of allylic oxidation sites excluding steroid dienone is 2. The number of aliphatic hydroxyl groups is 1. The van der Waals surface area contributed by atoms with E-state index in [9.17, 15) is 44.6 Å². The average Bonchev–Trinajstić information content (AvgIpc) is 2.81. The van der Waals surface area contributed by atoms with Crippen LogP contribution in [0, 0.1) is 5.92 Å². The summed E-state index contributed by atoms with van der Waals surface area (Å²) in [6, 6.07) is 8.21. The number of β-amino-alcohol motifs (C(OH)–C–C–N with tert-alkyl or cyclic N) is 1. The number of alkyl halides is 9. The van der Waals surface area contributed by atoms with Crippen molar-refractivity contribution in [3.8, 4) is 22.6 Å². The first-order valence-corrected chi connectivity index (χ1v) is 11.4. The standard InChI is InChI=1S/C25H20F9NO4/c26-23(27,28)21(36)12-35-19-9-3-8-18(14-4-1-6-16(10-14)38-24(29,30)31)22(19)37-13-20(35)15-5-2-7-17(11-15)39-25(32,33)34/h1-4,6-11,15,20-21,36H,5,12-13H2/t15-,20?,21-/m0/s1. The van der Waals surface area contributed by atoms with Crippen LogP contribution in [0.3, 0.4) is 0 Å². The van der Waals surface area contributed by atoms with Crippen LogP contribution in [0.25, 0.3) is 11.1 Å². The SMILES string of the molecule is O[C@@H](CN1c2cccc(-c3cccc(OC(F)(F)F)c3)c2OCC1[C@@H]1C=C(OC(F)(F)F)C=CC1)C(F)(F)F. The first-order valence-electron chi connectivity index (χ1n) is 11.4. The first-order chi connectivity index (χ1) is 18.1. The quantitative estimate of drug-likeness (QED) is 0.391. The minimum Gasteiger partial charge on any atom is -0.489 e. The van der Waals surface area contributed by atoms with Crippen LogP contribution in [-0.2, 0) is 4.74 Å². The summed E-state index contributed by atoms with van der Waals surface area (Å²) in [5.41, 5.74) is 0.491. The number of nitrogens with zero attached hydrogens (tertiary/aromatic N) is 1. The lowest BCUT2D eigenvalue weighted by Crippen LogP contribution is -2.52. The van der Waals surface area contributed by atoms with Gasteiger partial charge in [0.2, 0.25) is 0 Å². The highest BCUT2D eigenvalue weighted by atomic mass is 19.4. The Kier molecular flexibility index (Phi) is 7.70. The molecule has 2 aromatic carbocycles. The van der Waals surface area contributed by atoms with E-state index in [0.29, 0.717) is 0 Å². The number of para-hydroxylation sites is 1. The molecule has 2 aliphatic rings. The molecule has 1 unspecified atom stereocenters. The normalized spacial score (nSPS) is 20.6. The molecule has 0 aromatic heterocycles. The van der Waals surface area contributed by atoms with E-state index < -0.39 is 55.0 Å². The summed E-state index contributed by atoms with van der Waals surface area (Å²) in [4.78, 5) is 1.18. The Morgan fingerprint density at radius 3 is 2.31 bits per heavy atom. The zero-order chi connectivity index (χ0) is 28.6. The van der Waals surface area contributed by atoms with Crippen molar-refractivity contribution in [2.24, 2.45) is 5.92 Å². The Morgan fingerprint density at radius 2 is 1.64 bits per heavy atom. The van der Waals surface area contributed by atoms with Gasteiger partial charge in [0.25, 0.3) is 0 Å². The molecule has 1 heterocycles. The summed E-state index contributed by atoms with van der Waals surface area (Å²) in [5.74, 6) is -1.86. The molecule has 0 spiro atoms. The predicted molar refractivity (Wildman–Crippen MR) is 120 cm³/mol. The number of aliphatic hydroxyl groups excluding tert-OH is 1. The lowest BCUT2D eigenvalue weighted by molar-refractivity contribution is -0.303. The van der Waals surface area contributed by atoms with Crippen LogP contribution < -0.4 is 14.4 Å². The molecule has 2 aromatic rings. The second-order valence-corrected chi connectivity index (χ2v) is 8.74. The van der Waals surface area contributed by atoms with E-state index in [4.69, 9.17) is 4.74 Å². The topological polar surface area (TPSA) is 51.2 Å². The summed E-state index contributed by atoms with van der Waals surface area (Å²) in [6.45, 7) is -1.28. The molecule has 14 heteroatoms. The van der Waals surface area contributed by atoms with Crippen molar-refractivity contribution in [1.29, 1.82) is 0 Å². The van der Waals surface area contributed by atoms with E-state index in [-0.39, 0.29) is 35.6 Å². The van der Waals surface area contributed by atoms with Crippen LogP contribution in [0.2, 0.25) is 0 Å². The summed E-state index contributed by atoms with van der Waals surface area (Å²) < 4.78 is 130. The van der Waals surface area contributed by atoms with Crippen LogP contribution in [0.5, 0.6) is 11.5 Å². The minimum absolute atomic E-state index is 0.0226. The summed E-state index contributed by atoms with van der Waals surface area (Å²) in [7, 11) is 0. The Morgan fingerprint density at radius 1 is 0.949 bits per heavy atom. The smallest absolute Gasteiger partial charge is 0.489 e. The van der Waals surface area contributed by atoms with Crippen molar-refractivity contribution in [2.75, 3.05) is 18.1 Å². The average molecular weight is 569 g/mol. The fourth-order valence-corrected chi connectivity index (χ4v) is 4.45. The molecule has 1 aliphatic heterocycles. The number of benzene rings is 2. The monoisotopic (exact) mass is 569 g/mol. The highest BCUT2D eigenvalue weighted by Gasteiger charge is 2.43. The maximum absolute atomic E-state index is 13.3. The molecule has 39 heavy (non-hydrogen) atoms. The van der Waals surface area contributed by atoms with Gasteiger partial charge >= 0.3 is 18.9 Å². The van der Waals surface area contributed by atoms with E-state index in [1.807, 2.05) is 0 Å². The molecule has 0 saturated carbocycles. The number of ether oxygens (including phenoxy) is 3. The van der Waals surface area contributed by atoms with Crippen LogP contribution in [-0.4, -0.2) is 49.3 Å². The lowest BCUT2D eigenvalue weighted by atomic mass is 9.89. The molecule has 3 atom stereocenters. The van der Waals surface area contributed by atoms with Gasteiger partial charge in [-0.1, -0.05) is 30.3 Å².